The lowest BCUT2D eigenvalue weighted by Gasteiger charge is -2.27. The third kappa shape index (κ3) is 3.86. The molecule has 2 nitrogen and oxygen atoms in total. The highest BCUT2D eigenvalue weighted by Crippen LogP contribution is 2.11. The van der Waals surface area contributed by atoms with Gasteiger partial charge in [-0.15, -0.1) is 0 Å². The highest BCUT2D eigenvalue weighted by atomic mass is 15.1. The van der Waals surface area contributed by atoms with Crippen molar-refractivity contribution in [3.05, 3.63) is 29.8 Å². The Labute approximate surface area is 99.5 Å². The largest absolute Gasteiger partial charge is 0.399 e. The van der Waals surface area contributed by atoms with Gasteiger partial charge in [-0.1, -0.05) is 26.0 Å². The van der Waals surface area contributed by atoms with Gasteiger partial charge in [0.1, 0.15) is 0 Å². The van der Waals surface area contributed by atoms with Crippen LogP contribution in [0.1, 0.15) is 26.3 Å². The maximum atomic E-state index is 5.76. The molecule has 1 atom stereocenters. The second-order valence-corrected chi connectivity index (χ2v) is 4.96. The van der Waals surface area contributed by atoms with E-state index in [1.807, 2.05) is 12.1 Å². The zero-order valence-electron chi connectivity index (χ0n) is 10.9. The molecule has 0 radical (unpaired) electrons. The first kappa shape index (κ1) is 13.0. The van der Waals surface area contributed by atoms with E-state index in [9.17, 15) is 0 Å². The number of nitrogens with zero attached hydrogens (tertiary/aromatic N) is 1. The molecular formula is C14H24N2. The van der Waals surface area contributed by atoms with Crippen molar-refractivity contribution in [2.24, 2.45) is 5.92 Å². The first-order valence-electron chi connectivity index (χ1n) is 6.05. The van der Waals surface area contributed by atoms with E-state index in [0.717, 1.165) is 18.7 Å². The average Bonchev–Trinajstić information content (AvgIpc) is 2.24. The molecule has 0 amide bonds. The zero-order chi connectivity index (χ0) is 12.1. The SMILES string of the molecule is CC(C)C(C)N(C)CCc1cccc(N)c1. The summed E-state index contributed by atoms with van der Waals surface area (Å²) >= 11 is 0. The van der Waals surface area contributed by atoms with Crippen LogP contribution in [-0.2, 0) is 6.42 Å². The van der Waals surface area contributed by atoms with Crippen LogP contribution in [0.3, 0.4) is 0 Å². The van der Waals surface area contributed by atoms with Crippen LogP contribution in [0, 0.1) is 5.92 Å². The Morgan fingerprint density at radius 1 is 1.25 bits per heavy atom. The molecule has 0 saturated heterocycles. The fraction of sp³-hybridized carbons (Fsp3) is 0.571. The minimum absolute atomic E-state index is 0.626. The second-order valence-electron chi connectivity index (χ2n) is 4.96. The van der Waals surface area contributed by atoms with Gasteiger partial charge in [0, 0.05) is 18.3 Å². The summed E-state index contributed by atoms with van der Waals surface area (Å²) < 4.78 is 0. The average molecular weight is 220 g/mol. The number of anilines is 1. The number of rotatable bonds is 5. The second kappa shape index (κ2) is 5.90. The third-order valence-corrected chi connectivity index (χ3v) is 3.36. The summed E-state index contributed by atoms with van der Waals surface area (Å²) in [7, 11) is 2.19. The Balaban J connectivity index is 2.45. The van der Waals surface area contributed by atoms with Gasteiger partial charge in [0.25, 0.3) is 0 Å². The minimum atomic E-state index is 0.626. The monoisotopic (exact) mass is 220 g/mol. The maximum absolute atomic E-state index is 5.76. The van der Waals surface area contributed by atoms with E-state index >= 15 is 0 Å². The Morgan fingerprint density at radius 3 is 2.50 bits per heavy atom. The van der Waals surface area contributed by atoms with Crippen molar-refractivity contribution < 1.29 is 0 Å². The van der Waals surface area contributed by atoms with Gasteiger partial charge in [-0.2, -0.15) is 0 Å². The van der Waals surface area contributed by atoms with Gasteiger partial charge in [-0.05, 0) is 44.0 Å². The molecule has 1 rings (SSSR count). The summed E-state index contributed by atoms with van der Waals surface area (Å²) in [5.74, 6) is 0.700. The molecule has 0 aliphatic heterocycles. The molecule has 0 saturated carbocycles. The summed E-state index contributed by atoms with van der Waals surface area (Å²) in [5.41, 5.74) is 7.94. The highest BCUT2D eigenvalue weighted by molar-refractivity contribution is 5.40. The molecule has 1 aromatic carbocycles. The standard InChI is InChI=1S/C14H24N2/c1-11(2)12(3)16(4)9-8-13-6-5-7-14(15)10-13/h5-7,10-12H,8-9,15H2,1-4H3. The van der Waals surface area contributed by atoms with Crippen LogP contribution in [0.2, 0.25) is 0 Å². The van der Waals surface area contributed by atoms with E-state index in [0.29, 0.717) is 12.0 Å². The number of nitrogen functional groups attached to an aromatic ring is 1. The Morgan fingerprint density at radius 2 is 1.94 bits per heavy atom. The number of benzene rings is 1. The van der Waals surface area contributed by atoms with E-state index in [1.165, 1.54) is 5.56 Å². The van der Waals surface area contributed by atoms with E-state index in [2.05, 4.69) is 44.9 Å². The summed E-state index contributed by atoms with van der Waals surface area (Å²) in [4.78, 5) is 2.41. The predicted molar refractivity (Wildman–Crippen MR) is 71.5 cm³/mol. The van der Waals surface area contributed by atoms with E-state index in [4.69, 9.17) is 5.73 Å². The molecular weight excluding hydrogens is 196 g/mol. The van der Waals surface area contributed by atoms with Crippen molar-refractivity contribution in [2.75, 3.05) is 19.3 Å². The van der Waals surface area contributed by atoms with Gasteiger partial charge in [0.15, 0.2) is 0 Å². The van der Waals surface area contributed by atoms with Crippen LogP contribution in [0.5, 0.6) is 0 Å². The summed E-state index contributed by atoms with van der Waals surface area (Å²) in [5, 5.41) is 0. The molecule has 0 bridgehead atoms. The Hall–Kier alpha value is -1.02. The predicted octanol–water partition coefficient (Wildman–Crippen LogP) is 2.79. The van der Waals surface area contributed by atoms with Crippen molar-refractivity contribution in [2.45, 2.75) is 33.2 Å². The number of hydrogen-bond acceptors (Lipinski definition) is 2. The van der Waals surface area contributed by atoms with E-state index in [1.54, 1.807) is 0 Å². The van der Waals surface area contributed by atoms with Gasteiger partial charge in [0.05, 0.1) is 0 Å². The molecule has 0 aliphatic rings. The molecule has 0 spiro atoms. The van der Waals surface area contributed by atoms with Crippen LogP contribution in [0.15, 0.2) is 24.3 Å². The van der Waals surface area contributed by atoms with Crippen LogP contribution >= 0.6 is 0 Å². The molecule has 16 heavy (non-hydrogen) atoms. The minimum Gasteiger partial charge on any atom is -0.399 e. The number of likely N-dealkylation sites (N-methyl/N-ethyl adjacent to an activating group) is 1. The summed E-state index contributed by atoms with van der Waals surface area (Å²) in [6.45, 7) is 7.90. The molecule has 1 aromatic rings. The van der Waals surface area contributed by atoms with Crippen molar-refractivity contribution in [3.63, 3.8) is 0 Å². The van der Waals surface area contributed by atoms with Gasteiger partial charge >= 0.3 is 0 Å². The first-order chi connectivity index (χ1) is 7.50. The molecule has 0 heterocycles. The van der Waals surface area contributed by atoms with Crippen molar-refractivity contribution >= 4 is 5.69 Å². The van der Waals surface area contributed by atoms with Crippen LogP contribution in [0.25, 0.3) is 0 Å². The topological polar surface area (TPSA) is 29.3 Å². The fourth-order valence-corrected chi connectivity index (χ4v) is 1.77. The van der Waals surface area contributed by atoms with E-state index < -0.39 is 0 Å². The lowest BCUT2D eigenvalue weighted by atomic mass is 10.0. The molecule has 90 valence electrons. The highest BCUT2D eigenvalue weighted by Gasteiger charge is 2.12. The fourth-order valence-electron chi connectivity index (χ4n) is 1.77. The molecule has 2 heteroatoms. The molecule has 0 aliphatic carbocycles. The number of nitrogens with two attached hydrogens (primary N) is 1. The van der Waals surface area contributed by atoms with Gasteiger partial charge < -0.3 is 10.6 Å². The van der Waals surface area contributed by atoms with Crippen molar-refractivity contribution in [1.82, 2.24) is 4.90 Å². The summed E-state index contributed by atoms with van der Waals surface area (Å²) in [6, 6.07) is 8.79. The van der Waals surface area contributed by atoms with Crippen LogP contribution in [0.4, 0.5) is 5.69 Å². The van der Waals surface area contributed by atoms with Gasteiger partial charge in [-0.3, -0.25) is 0 Å². The van der Waals surface area contributed by atoms with Gasteiger partial charge in [0.2, 0.25) is 0 Å². The van der Waals surface area contributed by atoms with Crippen molar-refractivity contribution in [3.8, 4) is 0 Å². The summed E-state index contributed by atoms with van der Waals surface area (Å²) in [6.07, 6.45) is 1.07. The van der Waals surface area contributed by atoms with E-state index in [-0.39, 0.29) is 0 Å². The molecule has 1 unspecified atom stereocenters. The molecule has 0 aromatic heterocycles. The first-order valence-corrected chi connectivity index (χ1v) is 6.05. The van der Waals surface area contributed by atoms with Crippen LogP contribution in [-0.4, -0.2) is 24.5 Å². The smallest absolute Gasteiger partial charge is 0.0316 e. The van der Waals surface area contributed by atoms with Gasteiger partial charge in [-0.25, -0.2) is 0 Å². The number of hydrogen-bond donors (Lipinski definition) is 1. The van der Waals surface area contributed by atoms with Crippen LogP contribution < -0.4 is 5.73 Å². The normalized spacial score (nSPS) is 13.4. The zero-order valence-corrected chi connectivity index (χ0v) is 10.9. The lowest BCUT2D eigenvalue weighted by Crippen LogP contribution is -2.34. The molecule has 0 fully saturated rings. The Bertz CT molecular complexity index is 320. The maximum Gasteiger partial charge on any atom is 0.0316 e. The third-order valence-electron chi connectivity index (χ3n) is 3.36. The quantitative estimate of drug-likeness (QED) is 0.773. The van der Waals surface area contributed by atoms with Crippen molar-refractivity contribution in [1.29, 1.82) is 0 Å². The Kier molecular flexibility index (Phi) is 4.81. The molecule has 2 N–H and O–H groups in total. The lowest BCUT2D eigenvalue weighted by molar-refractivity contribution is 0.210.